The first-order valence-corrected chi connectivity index (χ1v) is 9.41. The van der Waals surface area contributed by atoms with Crippen LogP contribution in [0, 0.1) is 11.8 Å². The highest BCUT2D eigenvalue weighted by molar-refractivity contribution is 5.73. The number of carboxylic acids is 1. The van der Waals surface area contributed by atoms with Crippen molar-refractivity contribution >= 4 is 17.5 Å². The van der Waals surface area contributed by atoms with Gasteiger partial charge in [0.05, 0.1) is 5.56 Å². The maximum absolute atomic E-state index is 10.6. The molecule has 33 heavy (non-hydrogen) atoms. The number of alkyl halides is 3. The normalized spacial score (nSPS) is 10.7. The predicted molar refractivity (Wildman–Crippen MR) is 115 cm³/mol. The molecule has 0 spiro atoms. The topological polar surface area (TPSA) is 105 Å². The Morgan fingerprint density at radius 1 is 1.00 bits per heavy atom. The van der Waals surface area contributed by atoms with Crippen LogP contribution in [0.1, 0.15) is 19.4 Å². The molecule has 0 aliphatic heterocycles. The molecule has 3 aromatic rings. The van der Waals surface area contributed by atoms with Crippen LogP contribution in [0.15, 0.2) is 67.0 Å². The summed E-state index contributed by atoms with van der Waals surface area (Å²) in [6.07, 6.45) is -1.71. The van der Waals surface area contributed by atoms with Gasteiger partial charge in [0.25, 0.3) is 0 Å². The Hall–Kier alpha value is -4.10. The number of pyridine rings is 2. The third-order valence-corrected chi connectivity index (χ3v) is 3.52. The maximum atomic E-state index is 10.6. The molecule has 7 nitrogen and oxygen atoms in total. The van der Waals surface area contributed by atoms with Gasteiger partial charge in [-0.2, -0.15) is 13.2 Å². The van der Waals surface area contributed by atoms with Crippen molar-refractivity contribution in [1.82, 2.24) is 9.97 Å². The van der Waals surface area contributed by atoms with E-state index in [1.807, 2.05) is 42.5 Å². The molecule has 0 aliphatic rings. The fourth-order valence-electron chi connectivity index (χ4n) is 2.09. The Bertz CT molecular complexity index is 1120. The lowest BCUT2D eigenvalue weighted by atomic mass is 10.1. The van der Waals surface area contributed by atoms with Gasteiger partial charge in [-0.05, 0) is 62.4 Å². The maximum Gasteiger partial charge on any atom is 0.490 e. The fraction of sp³-hybridized carbons (Fsp3) is 0.174. The van der Waals surface area contributed by atoms with Crippen LogP contribution in [0.3, 0.4) is 0 Å². The van der Waals surface area contributed by atoms with Crippen LogP contribution in [-0.2, 0) is 4.79 Å². The number of carboxylic acid groups (broad SMARTS) is 1. The second-order valence-electron chi connectivity index (χ2n) is 6.93. The van der Waals surface area contributed by atoms with Crippen LogP contribution in [-0.4, -0.2) is 37.9 Å². The highest BCUT2D eigenvalue weighted by Gasteiger charge is 2.38. The molecule has 2 heterocycles. The molecular weight excluding hydrogens is 439 g/mol. The number of benzene rings is 1. The minimum Gasteiger partial charge on any atom is -0.475 e. The average Bonchev–Trinajstić information content (AvgIpc) is 2.74. The van der Waals surface area contributed by atoms with Gasteiger partial charge in [-0.15, -0.1) is 0 Å². The lowest BCUT2D eigenvalue weighted by molar-refractivity contribution is -0.192. The van der Waals surface area contributed by atoms with Crippen molar-refractivity contribution in [3.05, 3.63) is 72.6 Å². The number of hydrogen-bond donors (Lipinski definition) is 3. The van der Waals surface area contributed by atoms with Crippen molar-refractivity contribution in [2.45, 2.75) is 25.6 Å². The van der Waals surface area contributed by atoms with Crippen LogP contribution in [0.2, 0.25) is 0 Å². The number of ether oxygens (including phenoxy) is 1. The summed E-state index contributed by atoms with van der Waals surface area (Å²) in [5.74, 6) is 4.73. The SMILES string of the molecule is CC(C)(O)C#Cc1cccnc1Oc1ccc(Nc2ccccn2)cc1.O=C(O)C(F)(F)F. The van der Waals surface area contributed by atoms with E-state index in [1.54, 1.807) is 38.4 Å². The Morgan fingerprint density at radius 3 is 2.18 bits per heavy atom. The summed E-state index contributed by atoms with van der Waals surface area (Å²) < 4.78 is 37.6. The van der Waals surface area contributed by atoms with Gasteiger partial charge < -0.3 is 20.3 Å². The lowest BCUT2D eigenvalue weighted by Crippen LogP contribution is -2.21. The molecule has 0 unspecified atom stereocenters. The number of hydrogen-bond acceptors (Lipinski definition) is 6. The van der Waals surface area contributed by atoms with Crippen LogP contribution in [0.5, 0.6) is 11.6 Å². The number of aliphatic carboxylic acids is 1. The molecule has 0 bridgehead atoms. The number of nitrogens with one attached hydrogen (secondary N) is 1. The van der Waals surface area contributed by atoms with E-state index in [1.165, 1.54) is 0 Å². The van der Waals surface area contributed by atoms with E-state index in [0.717, 1.165) is 11.5 Å². The number of anilines is 2. The highest BCUT2D eigenvalue weighted by Crippen LogP contribution is 2.25. The molecule has 10 heteroatoms. The van der Waals surface area contributed by atoms with E-state index in [2.05, 4.69) is 27.1 Å². The minimum atomic E-state index is -5.08. The first kappa shape index (κ1) is 25.2. The molecule has 0 fully saturated rings. The quantitative estimate of drug-likeness (QED) is 0.483. The van der Waals surface area contributed by atoms with E-state index < -0.39 is 17.7 Å². The van der Waals surface area contributed by atoms with E-state index in [-0.39, 0.29) is 0 Å². The Balaban J connectivity index is 0.000000479. The monoisotopic (exact) mass is 459 g/mol. The van der Waals surface area contributed by atoms with E-state index in [4.69, 9.17) is 14.6 Å². The number of rotatable bonds is 4. The molecule has 0 aliphatic carbocycles. The van der Waals surface area contributed by atoms with Crippen LogP contribution >= 0.6 is 0 Å². The zero-order valence-corrected chi connectivity index (χ0v) is 17.6. The largest absolute Gasteiger partial charge is 0.490 e. The number of aliphatic hydroxyl groups is 1. The van der Waals surface area contributed by atoms with Gasteiger partial charge in [-0.1, -0.05) is 17.9 Å². The van der Waals surface area contributed by atoms with Crippen LogP contribution in [0.25, 0.3) is 0 Å². The molecule has 3 N–H and O–H groups in total. The smallest absolute Gasteiger partial charge is 0.475 e. The van der Waals surface area contributed by atoms with E-state index >= 15 is 0 Å². The number of aromatic nitrogens is 2. The van der Waals surface area contributed by atoms with Gasteiger partial charge in [0, 0.05) is 18.1 Å². The summed E-state index contributed by atoms with van der Waals surface area (Å²) in [6.45, 7) is 3.26. The molecule has 172 valence electrons. The number of carbonyl (C=O) groups is 1. The third-order valence-electron chi connectivity index (χ3n) is 3.52. The summed E-state index contributed by atoms with van der Waals surface area (Å²) in [4.78, 5) is 17.4. The van der Waals surface area contributed by atoms with Crippen molar-refractivity contribution in [3.8, 4) is 23.5 Å². The van der Waals surface area contributed by atoms with Gasteiger partial charge in [0.15, 0.2) is 0 Å². The summed E-state index contributed by atoms with van der Waals surface area (Å²) >= 11 is 0. The second-order valence-corrected chi connectivity index (χ2v) is 6.93. The fourth-order valence-corrected chi connectivity index (χ4v) is 2.09. The van der Waals surface area contributed by atoms with Gasteiger partial charge in [-0.3, -0.25) is 0 Å². The van der Waals surface area contributed by atoms with Crippen molar-refractivity contribution in [2.24, 2.45) is 0 Å². The Labute approximate surface area is 187 Å². The molecule has 0 amide bonds. The van der Waals surface area contributed by atoms with Gasteiger partial charge in [0.1, 0.15) is 17.2 Å². The van der Waals surface area contributed by atoms with Crippen LogP contribution < -0.4 is 10.1 Å². The second kappa shape index (κ2) is 11.0. The molecule has 0 atom stereocenters. The van der Waals surface area contributed by atoms with Crippen molar-refractivity contribution in [2.75, 3.05) is 5.32 Å². The van der Waals surface area contributed by atoms with E-state index in [0.29, 0.717) is 17.2 Å². The number of nitrogens with zero attached hydrogens (tertiary/aromatic N) is 2. The molecule has 0 radical (unpaired) electrons. The van der Waals surface area contributed by atoms with Gasteiger partial charge in [-0.25, -0.2) is 14.8 Å². The zero-order valence-electron chi connectivity index (χ0n) is 17.6. The van der Waals surface area contributed by atoms with Gasteiger partial charge >= 0.3 is 12.1 Å². The van der Waals surface area contributed by atoms with Gasteiger partial charge in [0.2, 0.25) is 5.88 Å². The minimum absolute atomic E-state index is 0.398. The summed E-state index contributed by atoms with van der Waals surface area (Å²) in [5, 5.41) is 20.1. The summed E-state index contributed by atoms with van der Waals surface area (Å²) in [6, 6.07) is 16.7. The zero-order chi connectivity index (χ0) is 24.5. The van der Waals surface area contributed by atoms with E-state index in [9.17, 15) is 18.3 Å². The van der Waals surface area contributed by atoms with Crippen molar-refractivity contribution < 1.29 is 32.9 Å². The third kappa shape index (κ3) is 9.28. The van der Waals surface area contributed by atoms with Crippen molar-refractivity contribution in [3.63, 3.8) is 0 Å². The predicted octanol–water partition coefficient (Wildman–Crippen LogP) is 4.77. The standard InChI is InChI=1S/C21H19N3O2.C2HF3O2/c1-21(2,25)13-12-16-6-5-15-23-20(16)26-18-10-8-17(9-11-18)24-19-7-3-4-14-22-19;3-2(4,5)1(6)7/h3-11,14-15,25H,1-2H3,(H,22,24);(H,6,7). The molecule has 3 rings (SSSR count). The summed E-state index contributed by atoms with van der Waals surface area (Å²) in [7, 11) is 0. The first-order chi connectivity index (χ1) is 15.4. The first-order valence-electron chi connectivity index (χ1n) is 9.41. The molecule has 1 aromatic carbocycles. The Morgan fingerprint density at radius 2 is 1.64 bits per heavy atom. The summed E-state index contributed by atoms with van der Waals surface area (Å²) in [5.41, 5.74) is 0.441. The lowest BCUT2D eigenvalue weighted by Gasteiger charge is -2.09. The Kier molecular flexibility index (Phi) is 8.36. The molecule has 0 saturated heterocycles. The molecule has 0 saturated carbocycles. The molecular formula is C23H20F3N3O4. The average molecular weight is 459 g/mol. The van der Waals surface area contributed by atoms with Crippen molar-refractivity contribution in [1.29, 1.82) is 0 Å². The molecule has 2 aromatic heterocycles. The van der Waals surface area contributed by atoms with Crippen LogP contribution in [0.4, 0.5) is 24.7 Å². The number of halogens is 3. The highest BCUT2D eigenvalue weighted by atomic mass is 19.4.